The van der Waals surface area contributed by atoms with Crippen molar-refractivity contribution in [2.75, 3.05) is 5.32 Å². The van der Waals surface area contributed by atoms with Gasteiger partial charge in [0, 0.05) is 17.5 Å². The highest BCUT2D eigenvalue weighted by Crippen LogP contribution is 2.31. The molecular weight excluding hydrogens is 298 g/mol. The molecule has 2 rings (SSSR count). The molecule has 1 aliphatic heterocycles. The van der Waals surface area contributed by atoms with Gasteiger partial charge in [-0.1, -0.05) is 39.0 Å². The molecule has 4 N–H and O–H groups in total. The molecule has 0 saturated carbocycles. The number of hydrogen-bond acceptors (Lipinski definition) is 3. The summed E-state index contributed by atoms with van der Waals surface area (Å²) in [7, 11) is 0. The number of carbonyl (C=O) groups is 1. The summed E-state index contributed by atoms with van der Waals surface area (Å²) in [5, 5.41) is 6.31. The van der Waals surface area contributed by atoms with Crippen LogP contribution in [0.1, 0.15) is 38.3 Å². The van der Waals surface area contributed by atoms with Gasteiger partial charge in [0.2, 0.25) is 5.91 Å². The Hall–Kier alpha value is -1.78. The maximum absolute atomic E-state index is 12.2. The van der Waals surface area contributed by atoms with Crippen molar-refractivity contribution in [1.29, 1.82) is 0 Å². The molecule has 0 aliphatic carbocycles. The Labute approximate surface area is 136 Å². The van der Waals surface area contributed by atoms with Gasteiger partial charge in [0.25, 0.3) is 0 Å². The molecule has 118 valence electrons. The van der Waals surface area contributed by atoms with Crippen LogP contribution in [0.4, 0.5) is 5.69 Å². The van der Waals surface area contributed by atoms with Gasteiger partial charge >= 0.3 is 0 Å². The highest BCUT2D eigenvalue weighted by atomic mass is 35.5. The summed E-state index contributed by atoms with van der Waals surface area (Å²) < 4.78 is 0. The van der Waals surface area contributed by atoms with Crippen molar-refractivity contribution in [3.8, 4) is 0 Å². The van der Waals surface area contributed by atoms with E-state index in [1.165, 1.54) is 0 Å². The van der Waals surface area contributed by atoms with Crippen LogP contribution in [0.3, 0.4) is 0 Å². The van der Waals surface area contributed by atoms with E-state index in [1.54, 1.807) is 12.3 Å². The number of nitrogens with two attached hydrogens (primary N) is 1. The normalized spacial score (nSPS) is 15.0. The largest absolute Gasteiger partial charge is 0.362 e. The molecule has 4 nitrogen and oxygen atoms in total. The first-order valence-corrected chi connectivity index (χ1v) is 7.57. The summed E-state index contributed by atoms with van der Waals surface area (Å²) in [4.78, 5) is 12.2. The van der Waals surface area contributed by atoms with Gasteiger partial charge in [0.05, 0.1) is 16.8 Å². The Kier molecular flexibility index (Phi) is 4.63. The van der Waals surface area contributed by atoms with Crippen molar-refractivity contribution in [2.45, 2.75) is 33.2 Å². The van der Waals surface area contributed by atoms with Crippen molar-refractivity contribution in [3.05, 3.63) is 41.1 Å². The average Bonchev–Trinajstić information content (AvgIpc) is 2.39. The highest BCUT2D eigenvalue weighted by Gasteiger charge is 2.22. The molecular formula is C17H22ClN3O. The number of anilines is 1. The van der Waals surface area contributed by atoms with E-state index in [1.807, 2.05) is 12.1 Å². The minimum Gasteiger partial charge on any atom is -0.362 e. The summed E-state index contributed by atoms with van der Waals surface area (Å²) in [6, 6.07) is 3.06. The minimum atomic E-state index is -0.570. The number of rotatable bonds is 3. The predicted octanol–water partition coefficient (Wildman–Crippen LogP) is 3.59. The zero-order chi connectivity index (χ0) is 16.5. The number of amides is 1. The summed E-state index contributed by atoms with van der Waals surface area (Å²) >= 11 is 6.26. The second-order valence-corrected chi connectivity index (χ2v) is 7.14. The highest BCUT2D eigenvalue weighted by molar-refractivity contribution is 6.34. The third-order valence-electron chi connectivity index (χ3n) is 3.41. The molecule has 0 radical (unpaired) electrons. The Morgan fingerprint density at radius 1 is 1.45 bits per heavy atom. The van der Waals surface area contributed by atoms with Gasteiger partial charge in [-0.05, 0) is 35.6 Å². The van der Waals surface area contributed by atoms with Crippen molar-refractivity contribution >= 4 is 35.0 Å². The second-order valence-electron chi connectivity index (χ2n) is 6.74. The number of carbonyl (C=O) groups excluding carboxylic acids is 1. The fourth-order valence-corrected chi connectivity index (χ4v) is 2.58. The molecule has 1 aliphatic rings. The number of benzene rings is 1. The molecule has 0 fully saturated rings. The van der Waals surface area contributed by atoms with Gasteiger partial charge in [-0.15, -0.1) is 0 Å². The van der Waals surface area contributed by atoms with E-state index < -0.39 is 6.04 Å². The monoisotopic (exact) mass is 319 g/mol. The van der Waals surface area contributed by atoms with Crippen molar-refractivity contribution < 1.29 is 4.79 Å². The maximum Gasteiger partial charge on any atom is 0.241 e. The smallest absolute Gasteiger partial charge is 0.241 e. The summed E-state index contributed by atoms with van der Waals surface area (Å²) in [6.45, 7) is 10.1. The molecule has 1 heterocycles. The molecule has 1 aromatic rings. The fraction of sp³-hybridized carbons (Fsp3) is 0.353. The number of hydrogen-bond donors (Lipinski definition) is 3. The van der Waals surface area contributed by atoms with Crippen LogP contribution in [-0.2, 0) is 4.79 Å². The second kappa shape index (κ2) is 6.15. The van der Waals surface area contributed by atoms with Crippen LogP contribution >= 0.6 is 11.6 Å². The molecule has 1 aromatic carbocycles. The van der Waals surface area contributed by atoms with E-state index >= 15 is 0 Å². The Morgan fingerprint density at radius 2 is 2.14 bits per heavy atom. The molecule has 0 bridgehead atoms. The predicted molar refractivity (Wildman–Crippen MR) is 93.3 cm³/mol. The van der Waals surface area contributed by atoms with Crippen molar-refractivity contribution in [3.63, 3.8) is 0 Å². The Morgan fingerprint density at radius 3 is 2.77 bits per heavy atom. The zero-order valence-corrected chi connectivity index (χ0v) is 13.9. The lowest BCUT2D eigenvalue weighted by Crippen LogP contribution is -2.38. The zero-order valence-electron chi connectivity index (χ0n) is 13.2. The number of nitrogens with one attached hydrogen (secondary N) is 2. The summed E-state index contributed by atoms with van der Waals surface area (Å²) in [5.74, 6) is -0.228. The fourth-order valence-electron chi connectivity index (χ4n) is 2.37. The quantitative estimate of drug-likeness (QED) is 0.797. The third kappa shape index (κ3) is 3.90. The molecule has 0 unspecified atom stereocenters. The third-order valence-corrected chi connectivity index (χ3v) is 3.72. The molecule has 22 heavy (non-hydrogen) atoms. The van der Waals surface area contributed by atoms with E-state index in [4.69, 9.17) is 17.3 Å². The van der Waals surface area contributed by atoms with Crippen molar-refractivity contribution in [2.24, 2.45) is 11.1 Å². The van der Waals surface area contributed by atoms with E-state index in [0.29, 0.717) is 17.1 Å². The van der Waals surface area contributed by atoms with Crippen molar-refractivity contribution in [1.82, 2.24) is 5.32 Å². The van der Waals surface area contributed by atoms with Crippen LogP contribution in [0.15, 0.2) is 24.9 Å². The number of halogens is 1. The van der Waals surface area contributed by atoms with Crippen LogP contribution < -0.4 is 16.4 Å². The van der Waals surface area contributed by atoms with Gasteiger partial charge in [-0.2, -0.15) is 0 Å². The molecule has 0 saturated heterocycles. The topological polar surface area (TPSA) is 67.1 Å². The van der Waals surface area contributed by atoms with Gasteiger partial charge in [-0.3, -0.25) is 4.79 Å². The number of fused-ring (bicyclic) bond motifs is 1. The molecule has 1 amide bonds. The molecule has 1 atom stereocenters. The van der Waals surface area contributed by atoms with Gasteiger partial charge in [0.1, 0.15) is 0 Å². The van der Waals surface area contributed by atoms with Crippen LogP contribution in [0, 0.1) is 5.41 Å². The lowest BCUT2D eigenvalue weighted by atomic mass is 9.88. The van der Waals surface area contributed by atoms with E-state index in [0.717, 1.165) is 16.8 Å². The van der Waals surface area contributed by atoms with Gasteiger partial charge in [0.15, 0.2) is 0 Å². The van der Waals surface area contributed by atoms with Crippen LogP contribution in [-0.4, -0.2) is 11.9 Å². The SMILES string of the molecule is C=C1NC=Cc2cc(NC(=O)[C@H](N)CC(C)(C)C)c(Cl)cc21. The van der Waals surface area contributed by atoms with E-state index in [-0.39, 0.29) is 11.3 Å². The summed E-state index contributed by atoms with van der Waals surface area (Å²) in [6.07, 6.45) is 4.31. The maximum atomic E-state index is 12.2. The van der Waals surface area contributed by atoms with Crippen LogP contribution in [0.2, 0.25) is 5.02 Å². The molecule has 0 spiro atoms. The van der Waals surface area contributed by atoms with Crippen LogP contribution in [0.25, 0.3) is 11.8 Å². The first-order valence-electron chi connectivity index (χ1n) is 7.20. The lowest BCUT2D eigenvalue weighted by Gasteiger charge is -2.23. The lowest BCUT2D eigenvalue weighted by molar-refractivity contribution is -0.118. The molecule has 5 heteroatoms. The van der Waals surface area contributed by atoms with E-state index in [9.17, 15) is 4.79 Å². The Bertz CT molecular complexity index is 644. The first kappa shape index (κ1) is 16.6. The standard InChI is InChI=1S/C17H22ClN3O/c1-10-12-8-13(18)15(7-11(12)5-6-20-10)21-16(22)14(19)9-17(2,3)4/h5-8,14,20H,1,9,19H2,2-4H3,(H,21,22)/t14-/m1/s1. The average molecular weight is 320 g/mol. The van der Waals surface area contributed by atoms with Gasteiger partial charge < -0.3 is 16.4 Å². The van der Waals surface area contributed by atoms with Crippen LogP contribution in [0.5, 0.6) is 0 Å². The Balaban J connectivity index is 2.19. The molecule has 0 aromatic heterocycles. The summed E-state index contributed by atoms with van der Waals surface area (Å²) in [5.41, 5.74) is 9.17. The first-order chi connectivity index (χ1) is 10.2. The van der Waals surface area contributed by atoms with E-state index in [2.05, 4.69) is 38.0 Å². The minimum absolute atomic E-state index is 0.0114. The van der Waals surface area contributed by atoms with Gasteiger partial charge in [-0.25, -0.2) is 0 Å².